The Bertz CT molecular complexity index is 843. The lowest BCUT2D eigenvalue weighted by Gasteiger charge is -2.35. The summed E-state index contributed by atoms with van der Waals surface area (Å²) in [6.45, 7) is 8.29. The van der Waals surface area contributed by atoms with E-state index >= 15 is 0 Å². The summed E-state index contributed by atoms with van der Waals surface area (Å²) in [4.78, 5) is 26.0. The number of carboxylic acids is 1. The summed E-state index contributed by atoms with van der Waals surface area (Å²) in [5.41, 5.74) is 3.68. The number of benzene rings is 1. The van der Waals surface area contributed by atoms with Gasteiger partial charge in [0.05, 0.1) is 24.3 Å². The fourth-order valence-electron chi connectivity index (χ4n) is 3.89. The number of aliphatic carboxylic acids is 1. The standard InChI is InChI=1S/C21H26N2O4/c1-13-10-18(16(4)23(13)15(3)17-8-6-5-7-9-17)20(24)22-11-14(2)27-19(12-22)21(25)26/h5-10,14-15,19H,11-12H2,1-4H3,(H,25,26)/t14-,15?,19?/m1/s1. The first-order valence-corrected chi connectivity index (χ1v) is 9.20. The summed E-state index contributed by atoms with van der Waals surface area (Å²) in [7, 11) is 0. The van der Waals surface area contributed by atoms with E-state index < -0.39 is 12.1 Å². The highest BCUT2D eigenvalue weighted by molar-refractivity contribution is 5.96. The molecule has 1 aromatic carbocycles. The van der Waals surface area contributed by atoms with Crippen LogP contribution in [0.15, 0.2) is 36.4 Å². The number of hydrogen-bond donors (Lipinski definition) is 1. The molecule has 1 aliphatic rings. The Kier molecular flexibility index (Phi) is 5.37. The van der Waals surface area contributed by atoms with Gasteiger partial charge in [-0.05, 0) is 39.3 Å². The molecule has 1 saturated heterocycles. The van der Waals surface area contributed by atoms with Crippen molar-refractivity contribution >= 4 is 11.9 Å². The Morgan fingerprint density at radius 1 is 1.19 bits per heavy atom. The van der Waals surface area contributed by atoms with E-state index in [4.69, 9.17) is 4.74 Å². The number of amides is 1. The second kappa shape index (κ2) is 7.56. The monoisotopic (exact) mass is 370 g/mol. The molecule has 0 radical (unpaired) electrons. The quantitative estimate of drug-likeness (QED) is 0.898. The number of aryl methyl sites for hydroxylation is 1. The van der Waals surface area contributed by atoms with E-state index in [2.05, 4.69) is 23.6 Å². The van der Waals surface area contributed by atoms with Gasteiger partial charge in [0.2, 0.25) is 0 Å². The van der Waals surface area contributed by atoms with Gasteiger partial charge in [-0.15, -0.1) is 0 Å². The smallest absolute Gasteiger partial charge is 0.334 e. The zero-order valence-electron chi connectivity index (χ0n) is 16.2. The van der Waals surface area contributed by atoms with Gasteiger partial charge in [-0.2, -0.15) is 0 Å². The third kappa shape index (κ3) is 3.76. The molecule has 6 nitrogen and oxygen atoms in total. The lowest BCUT2D eigenvalue weighted by Crippen LogP contribution is -2.51. The molecule has 0 saturated carbocycles. The van der Waals surface area contributed by atoms with Crippen LogP contribution in [-0.4, -0.2) is 51.7 Å². The predicted molar refractivity (Wildman–Crippen MR) is 102 cm³/mol. The normalized spacial score (nSPS) is 21.1. The van der Waals surface area contributed by atoms with Gasteiger partial charge in [0.15, 0.2) is 6.10 Å². The average Bonchev–Trinajstić information content (AvgIpc) is 2.95. The molecule has 2 heterocycles. The van der Waals surface area contributed by atoms with E-state index in [9.17, 15) is 14.7 Å². The minimum Gasteiger partial charge on any atom is -0.479 e. The summed E-state index contributed by atoms with van der Waals surface area (Å²) in [5.74, 6) is -1.18. The van der Waals surface area contributed by atoms with E-state index in [1.54, 1.807) is 11.8 Å². The molecule has 1 N–H and O–H groups in total. The Balaban J connectivity index is 1.89. The van der Waals surface area contributed by atoms with Gasteiger partial charge >= 0.3 is 5.97 Å². The molecule has 0 bridgehead atoms. The molecule has 1 aromatic heterocycles. The summed E-state index contributed by atoms with van der Waals surface area (Å²) < 4.78 is 7.57. The average molecular weight is 370 g/mol. The van der Waals surface area contributed by atoms with Crippen LogP contribution < -0.4 is 0 Å². The maximum atomic E-state index is 13.1. The summed E-state index contributed by atoms with van der Waals surface area (Å²) in [6.07, 6.45) is -1.29. The van der Waals surface area contributed by atoms with Crippen LogP contribution in [0.3, 0.4) is 0 Å². The first-order chi connectivity index (χ1) is 12.8. The Morgan fingerprint density at radius 2 is 1.85 bits per heavy atom. The molecule has 2 unspecified atom stereocenters. The minimum absolute atomic E-state index is 0.0659. The molecule has 3 atom stereocenters. The Labute approximate surface area is 159 Å². The second-order valence-electron chi connectivity index (χ2n) is 7.23. The Hall–Kier alpha value is -2.60. The van der Waals surface area contributed by atoms with Crippen LogP contribution in [0.4, 0.5) is 0 Å². The predicted octanol–water partition coefficient (Wildman–Crippen LogP) is 3.03. The highest BCUT2D eigenvalue weighted by Crippen LogP contribution is 2.27. The minimum atomic E-state index is -1.04. The van der Waals surface area contributed by atoms with Gasteiger partial charge in [0.25, 0.3) is 5.91 Å². The number of aromatic nitrogens is 1. The van der Waals surface area contributed by atoms with E-state index in [1.165, 1.54) is 5.56 Å². The molecule has 1 amide bonds. The molecule has 0 spiro atoms. The topological polar surface area (TPSA) is 71.8 Å². The number of hydrogen-bond acceptors (Lipinski definition) is 3. The number of carboxylic acid groups (broad SMARTS) is 1. The zero-order valence-corrected chi connectivity index (χ0v) is 16.2. The van der Waals surface area contributed by atoms with Crippen molar-refractivity contribution in [2.45, 2.75) is 45.9 Å². The molecule has 1 fully saturated rings. The molecule has 0 aliphatic carbocycles. The van der Waals surface area contributed by atoms with Crippen molar-refractivity contribution in [2.75, 3.05) is 13.1 Å². The SMILES string of the molecule is Cc1cc(C(=O)N2CC(C(=O)O)O[C@H](C)C2)c(C)n1C(C)c1ccccc1. The van der Waals surface area contributed by atoms with Gasteiger partial charge in [0, 0.05) is 17.9 Å². The van der Waals surface area contributed by atoms with Gasteiger partial charge in [0.1, 0.15) is 0 Å². The summed E-state index contributed by atoms with van der Waals surface area (Å²) in [6, 6.07) is 12.1. The molecular formula is C21H26N2O4. The number of carbonyl (C=O) groups excluding carboxylic acids is 1. The van der Waals surface area contributed by atoms with Gasteiger partial charge in [-0.25, -0.2) is 4.79 Å². The van der Waals surface area contributed by atoms with Gasteiger partial charge < -0.3 is 19.3 Å². The highest BCUT2D eigenvalue weighted by Gasteiger charge is 2.34. The second-order valence-corrected chi connectivity index (χ2v) is 7.23. The van der Waals surface area contributed by atoms with E-state index in [0.29, 0.717) is 12.1 Å². The van der Waals surface area contributed by atoms with Crippen LogP contribution in [-0.2, 0) is 9.53 Å². The van der Waals surface area contributed by atoms with Crippen LogP contribution in [0.2, 0.25) is 0 Å². The molecule has 2 aromatic rings. The van der Waals surface area contributed by atoms with Crippen LogP contribution in [0.1, 0.15) is 47.2 Å². The number of rotatable bonds is 4. The molecule has 144 valence electrons. The fourth-order valence-corrected chi connectivity index (χ4v) is 3.89. The van der Waals surface area contributed by atoms with E-state index in [0.717, 1.165) is 11.4 Å². The molecular weight excluding hydrogens is 344 g/mol. The third-order valence-electron chi connectivity index (χ3n) is 5.21. The van der Waals surface area contributed by atoms with E-state index in [1.807, 2.05) is 38.1 Å². The molecule has 6 heteroatoms. The van der Waals surface area contributed by atoms with Crippen LogP contribution >= 0.6 is 0 Å². The number of morpholine rings is 1. The summed E-state index contributed by atoms with van der Waals surface area (Å²) >= 11 is 0. The van der Waals surface area contributed by atoms with Crippen LogP contribution in [0.5, 0.6) is 0 Å². The van der Waals surface area contributed by atoms with Crippen LogP contribution in [0, 0.1) is 13.8 Å². The van der Waals surface area contributed by atoms with Gasteiger partial charge in [-0.1, -0.05) is 30.3 Å². The van der Waals surface area contributed by atoms with Crippen LogP contribution in [0.25, 0.3) is 0 Å². The van der Waals surface area contributed by atoms with Crippen molar-refractivity contribution < 1.29 is 19.4 Å². The van der Waals surface area contributed by atoms with Crippen molar-refractivity contribution in [3.63, 3.8) is 0 Å². The third-order valence-corrected chi connectivity index (χ3v) is 5.21. The first-order valence-electron chi connectivity index (χ1n) is 9.20. The molecule has 3 rings (SSSR count). The van der Waals surface area contributed by atoms with Crippen molar-refractivity contribution in [3.8, 4) is 0 Å². The highest BCUT2D eigenvalue weighted by atomic mass is 16.5. The lowest BCUT2D eigenvalue weighted by atomic mass is 10.1. The fraction of sp³-hybridized carbons (Fsp3) is 0.429. The number of carbonyl (C=O) groups is 2. The Morgan fingerprint density at radius 3 is 2.48 bits per heavy atom. The van der Waals surface area contributed by atoms with Crippen molar-refractivity contribution in [1.82, 2.24) is 9.47 Å². The maximum Gasteiger partial charge on any atom is 0.334 e. The first kappa shape index (κ1) is 19.2. The number of ether oxygens (including phenoxy) is 1. The summed E-state index contributed by atoms with van der Waals surface area (Å²) in [5, 5.41) is 9.26. The maximum absolute atomic E-state index is 13.1. The lowest BCUT2D eigenvalue weighted by molar-refractivity contribution is -0.160. The molecule has 27 heavy (non-hydrogen) atoms. The van der Waals surface area contributed by atoms with Crippen molar-refractivity contribution in [1.29, 1.82) is 0 Å². The van der Waals surface area contributed by atoms with Gasteiger partial charge in [-0.3, -0.25) is 4.79 Å². The molecule has 1 aliphatic heterocycles. The zero-order chi connectivity index (χ0) is 19.7. The number of nitrogens with zero attached hydrogens (tertiary/aromatic N) is 2. The van der Waals surface area contributed by atoms with Crippen molar-refractivity contribution in [3.05, 3.63) is 58.9 Å². The largest absolute Gasteiger partial charge is 0.479 e. The van der Waals surface area contributed by atoms with E-state index in [-0.39, 0.29) is 24.6 Å². The van der Waals surface area contributed by atoms with Crippen molar-refractivity contribution in [2.24, 2.45) is 0 Å².